The summed E-state index contributed by atoms with van der Waals surface area (Å²) in [5.41, 5.74) is 7.29. The molecule has 0 aliphatic carbocycles. The van der Waals surface area contributed by atoms with E-state index in [0.29, 0.717) is 0 Å². The Hall–Kier alpha value is -4.24. The molecule has 41 heavy (non-hydrogen) atoms. The van der Waals surface area contributed by atoms with Crippen LogP contribution in [0, 0.1) is 12.1 Å². The number of pyridine rings is 1. The van der Waals surface area contributed by atoms with Crippen molar-refractivity contribution >= 4 is 32.6 Å². The number of hydrogen-bond acceptors (Lipinski definition) is 3. The minimum Gasteiger partial charge on any atom is -0.305 e. The molecule has 3 nitrogen and oxygen atoms in total. The van der Waals surface area contributed by atoms with Crippen LogP contribution in [0.4, 0.5) is 0 Å². The van der Waals surface area contributed by atoms with Crippen LogP contribution in [-0.2, 0) is 25.5 Å². The second kappa shape index (κ2) is 12.1. The van der Waals surface area contributed by atoms with E-state index in [0.717, 1.165) is 44.3 Å². The van der Waals surface area contributed by atoms with E-state index in [2.05, 4.69) is 92.5 Å². The monoisotopic (exact) mass is 708 g/mol. The van der Waals surface area contributed by atoms with Crippen LogP contribution in [0.1, 0.15) is 26.3 Å². The van der Waals surface area contributed by atoms with Crippen LogP contribution < -0.4 is 0 Å². The number of benzene rings is 5. The molecular weight excluding hydrogens is 679 g/mol. The van der Waals surface area contributed by atoms with Gasteiger partial charge in [0.25, 0.3) is 0 Å². The second-order valence-electron chi connectivity index (χ2n) is 10.8. The quantitative estimate of drug-likeness (QED) is 0.133. The summed E-state index contributed by atoms with van der Waals surface area (Å²) in [4.78, 5) is 14.1. The van der Waals surface area contributed by atoms with E-state index in [9.17, 15) is 0 Å². The van der Waals surface area contributed by atoms with Gasteiger partial charge >= 0.3 is 0 Å². The van der Waals surface area contributed by atoms with Crippen LogP contribution in [0.2, 0.25) is 0 Å². The summed E-state index contributed by atoms with van der Waals surface area (Å²) in [5.74, 6) is 0. The van der Waals surface area contributed by atoms with Gasteiger partial charge in [-0.2, -0.15) is 0 Å². The third-order valence-electron chi connectivity index (χ3n) is 7.03. The SMILES string of the molecule is CC(C)(C)c1ccc(-c2cnc3c4[c-]cccc4c4ccccc4c3n2)cc1.[Ir].[c-]1ccccc1-c1ccccn1. The van der Waals surface area contributed by atoms with Crippen LogP contribution in [0.5, 0.6) is 0 Å². The van der Waals surface area contributed by atoms with Crippen molar-refractivity contribution in [1.29, 1.82) is 0 Å². The number of hydrogen-bond donors (Lipinski definition) is 0. The Kier molecular flexibility index (Phi) is 8.35. The van der Waals surface area contributed by atoms with Crippen LogP contribution >= 0.6 is 0 Å². The molecule has 0 saturated heterocycles. The number of rotatable bonds is 2. The molecule has 0 saturated carbocycles. The molecule has 1 radical (unpaired) electrons. The zero-order valence-electron chi connectivity index (χ0n) is 23.2. The van der Waals surface area contributed by atoms with Crippen LogP contribution in [-0.4, -0.2) is 15.0 Å². The molecule has 2 aromatic heterocycles. The molecule has 5 aromatic carbocycles. The van der Waals surface area contributed by atoms with Gasteiger partial charge in [0.15, 0.2) is 0 Å². The Morgan fingerprint density at radius 3 is 2.00 bits per heavy atom. The molecule has 0 aliphatic heterocycles. The van der Waals surface area contributed by atoms with Gasteiger partial charge in [-0.25, -0.2) is 0 Å². The summed E-state index contributed by atoms with van der Waals surface area (Å²) < 4.78 is 0. The first-order valence-corrected chi connectivity index (χ1v) is 13.5. The summed E-state index contributed by atoms with van der Waals surface area (Å²) in [7, 11) is 0. The largest absolute Gasteiger partial charge is 0.305 e. The summed E-state index contributed by atoms with van der Waals surface area (Å²) in [6.07, 6.45) is 3.67. The van der Waals surface area contributed by atoms with E-state index >= 15 is 0 Å². The van der Waals surface area contributed by atoms with Gasteiger partial charge < -0.3 is 9.97 Å². The molecule has 2 heterocycles. The summed E-state index contributed by atoms with van der Waals surface area (Å²) in [6.45, 7) is 6.68. The molecule has 0 bridgehead atoms. The van der Waals surface area contributed by atoms with E-state index in [-0.39, 0.29) is 25.5 Å². The van der Waals surface area contributed by atoms with Gasteiger partial charge in [-0.1, -0.05) is 92.2 Å². The fourth-order valence-corrected chi connectivity index (χ4v) is 4.90. The fraction of sp³-hybridized carbons (Fsp3) is 0.108. The molecular formula is C37H29IrN3-2. The van der Waals surface area contributed by atoms with Gasteiger partial charge in [-0.05, 0) is 28.1 Å². The molecule has 0 amide bonds. The molecule has 4 heteroatoms. The smallest absolute Gasteiger partial charge is 0.0873 e. The minimum atomic E-state index is 0. The van der Waals surface area contributed by atoms with Gasteiger partial charge in [-0.3, -0.25) is 4.98 Å². The van der Waals surface area contributed by atoms with Crippen molar-refractivity contribution in [3.05, 3.63) is 139 Å². The maximum Gasteiger partial charge on any atom is 0.0873 e. The Bertz CT molecular complexity index is 1840. The first kappa shape index (κ1) is 28.3. The second-order valence-corrected chi connectivity index (χ2v) is 10.8. The Morgan fingerprint density at radius 1 is 0.585 bits per heavy atom. The van der Waals surface area contributed by atoms with Crippen molar-refractivity contribution in [2.24, 2.45) is 0 Å². The van der Waals surface area contributed by atoms with Crippen molar-refractivity contribution in [2.75, 3.05) is 0 Å². The molecule has 0 aliphatic rings. The summed E-state index contributed by atoms with van der Waals surface area (Å²) in [6, 6.07) is 43.4. The van der Waals surface area contributed by atoms with Gasteiger partial charge in [0.2, 0.25) is 0 Å². The van der Waals surface area contributed by atoms with Gasteiger partial charge in [0.1, 0.15) is 0 Å². The molecule has 0 atom stereocenters. The summed E-state index contributed by atoms with van der Waals surface area (Å²) in [5, 5.41) is 4.52. The number of nitrogens with zero attached hydrogens (tertiary/aromatic N) is 3. The van der Waals surface area contributed by atoms with Crippen molar-refractivity contribution in [2.45, 2.75) is 26.2 Å². The predicted molar refractivity (Wildman–Crippen MR) is 166 cm³/mol. The fourth-order valence-electron chi connectivity index (χ4n) is 4.90. The maximum absolute atomic E-state index is 5.03. The zero-order chi connectivity index (χ0) is 27.5. The third-order valence-corrected chi connectivity index (χ3v) is 7.03. The van der Waals surface area contributed by atoms with Crippen LogP contribution in [0.3, 0.4) is 0 Å². The van der Waals surface area contributed by atoms with Crippen molar-refractivity contribution in [3.8, 4) is 22.5 Å². The maximum atomic E-state index is 5.03. The van der Waals surface area contributed by atoms with Gasteiger partial charge in [0.05, 0.1) is 11.2 Å². The van der Waals surface area contributed by atoms with Gasteiger partial charge in [-0.15, -0.1) is 65.5 Å². The van der Waals surface area contributed by atoms with E-state index in [1.165, 1.54) is 16.3 Å². The van der Waals surface area contributed by atoms with Crippen LogP contribution in [0.15, 0.2) is 122 Å². The van der Waals surface area contributed by atoms with E-state index in [4.69, 9.17) is 9.97 Å². The third kappa shape index (κ3) is 5.95. The summed E-state index contributed by atoms with van der Waals surface area (Å²) >= 11 is 0. The van der Waals surface area contributed by atoms with Crippen molar-refractivity contribution < 1.29 is 20.1 Å². The van der Waals surface area contributed by atoms with Gasteiger partial charge in [0, 0.05) is 43.6 Å². The first-order chi connectivity index (χ1) is 19.5. The topological polar surface area (TPSA) is 38.7 Å². The Balaban J connectivity index is 0.000000218. The van der Waals surface area contributed by atoms with Crippen molar-refractivity contribution in [3.63, 3.8) is 0 Å². The Labute approximate surface area is 254 Å². The van der Waals surface area contributed by atoms with Crippen molar-refractivity contribution in [1.82, 2.24) is 15.0 Å². The molecule has 0 spiro atoms. The van der Waals surface area contributed by atoms with E-state index < -0.39 is 0 Å². The number of aromatic nitrogens is 3. The van der Waals surface area contributed by atoms with E-state index in [1.54, 1.807) is 6.20 Å². The average molecular weight is 708 g/mol. The molecule has 7 aromatic rings. The number of fused-ring (bicyclic) bond motifs is 6. The molecule has 0 fully saturated rings. The average Bonchev–Trinajstić information content (AvgIpc) is 3.02. The normalized spacial score (nSPS) is 11.1. The van der Waals surface area contributed by atoms with Crippen LogP contribution in [0.25, 0.3) is 55.1 Å². The minimum absolute atomic E-state index is 0. The Morgan fingerprint density at radius 2 is 1.29 bits per heavy atom. The molecule has 0 unspecified atom stereocenters. The molecule has 203 valence electrons. The molecule has 7 rings (SSSR count). The predicted octanol–water partition coefficient (Wildman–Crippen LogP) is 9.25. The molecule has 0 N–H and O–H groups in total. The first-order valence-electron chi connectivity index (χ1n) is 13.5. The zero-order valence-corrected chi connectivity index (χ0v) is 25.6. The van der Waals surface area contributed by atoms with E-state index in [1.807, 2.05) is 60.8 Å². The standard InChI is InChI=1S/C26H21N2.C11H8N.Ir/c1-26(2,3)18-14-12-17(13-15-18)23-16-27-24-21-10-6-4-8-19(21)20-9-5-7-11-22(20)25(24)28-23;1-2-6-10(7-3-1)11-8-4-5-9-12-11;/h4-9,11-16H,1-3H3;1-6,8-9H;/q2*-1;.